The Morgan fingerprint density at radius 1 is 1.00 bits per heavy atom. The molecular formula is C25H22ClNO2. The smallest absolute Gasteiger partial charge is 0.161 e. The van der Waals surface area contributed by atoms with E-state index in [4.69, 9.17) is 21.1 Å². The zero-order valence-corrected chi connectivity index (χ0v) is 17.2. The first-order valence-electron chi connectivity index (χ1n) is 9.42. The molecule has 0 aliphatic rings. The van der Waals surface area contributed by atoms with Crippen molar-refractivity contribution < 1.29 is 9.47 Å². The molecule has 29 heavy (non-hydrogen) atoms. The second-order valence-electron chi connectivity index (χ2n) is 6.57. The maximum atomic E-state index is 9.59. The van der Waals surface area contributed by atoms with E-state index in [2.05, 4.69) is 25.1 Å². The Bertz CT molecular complexity index is 1070. The van der Waals surface area contributed by atoms with E-state index >= 15 is 0 Å². The van der Waals surface area contributed by atoms with E-state index in [-0.39, 0.29) is 0 Å². The predicted molar refractivity (Wildman–Crippen MR) is 118 cm³/mol. The van der Waals surface area contributed by atoms with Crippen molar-refractivity contribution in [3.05, 3.63) is 94.0 Å². The normalized spacial score (nSPS) is 11.0. The Morgan fingerprint density at radius 3 is 2.55 bits per heavy atom. The highest BCUT2D eigenvalue weighted by Gasteiger charge is 2.09. The Morgan fingerprint density at radius 2 is 1.83 bits per heavy atom. The number of nitriles is 1. The van der Waals surface area contributed by atoms with Crippen LogP contribution in [0, 0.1) is 18.3 Å². The predicted octanol–water partition coefficient (Wildman–Crippen LogP) is 6.69. The number of nitrogens with zero attached hydrogens (tertiary/aromatic N) is 1. The zero-order chi connectivity index (χ0) is 20.6. The van der Waals surface area contributed by atoms with Gasteiger partial charge in [-0.05, 0) is 49.2 Å². The van der Waals surface area contributed by atoms with Crippen LogP contribution in [0.4, 0.5) is 0 Å². The molecule has 0 bridgehead atoms. The minimum absolute atomic E-state index is 0.458. The van der Waals surface area contributed by atoms with Gasteiger partial charge < -0.3 is 9.47 Å². The van der Waals surface area contributed by atoms with Crippen molar-refractivity contribution in [3.63, 3.8) is 0 Å². The summed E-state index contributed by atoms with van der Waals surface area (Å²) in [6.07, 6.45) is 1.80. The molecule has 0 amide bonds. The molecule has 4 heteroatoms. The maximum Gasteiger partial charge on any atom is 0.161 e. The standard InChI is InChI=1S/C25H22ClNO2/c1-3-28-25-15-19(14-21(16-27)22-9-4-5-10-23(22)26)11-12-24(25)29-17-20-8-6-7-18(2)13-20/h4-15H,3,17H2,1-2H3. The summed E-state index contributed by atoms with van der Waals surface area (Å²) in [6.45, 7) is 4.96. The van der Waals surface area contributed by atoms with Gasteiger partial charge in [-0.3, -0.25) is 0 Å². The second-order valence-corrected chi connectivity index (χ2v) is 6.97. The first-order valence-corrected chi connectivity index (χ1v) is 9.80. The highest BCUT2D eigenvalue weighted by atomic mass is 35.5. The lowest BCUT2D eigenvalue weighted by atomic mass is 10.0. The lowest BCUT2D eigenvalue weighted by Gasteiger charge is -2.13. The highest BCUT2D eigenvalue weighted by molar-refractivity contribution is 6.32. The van der Waals surface area contributed by atoms with Crippen molar-refractivity contribution in [1.82, 2.24) is 0 Å². The average Bonchev–Trinajstić information content (AvgIpc) is 2.72. The third-order valence-electron chi connectivity index (χ3n) is 4.34. The van der Waals surface area contributed by atoms with Crippen LogP contribution in [-0.4, -0.2) is 6.61 Å². The summed E-state index contributed by atoms with van der Waals surface area (Å²) in [7, 11) is 0. The second kappa shape index (κ2) is 9.82. The monoisotopic (exact) mass is 403 g/mol. The first-order chi connectivity index (χ1) is 14.1. The van der Waals surface area contributed by atoms with Gasteiger partial charge >= 0.3 is 0 Å². The van der Waals surface area contributed by atoms with E-state index < -0.39 is 0 Å². The summed E-state index contributed by atoms with van der Waals surface area (Å²) < 4.78 is 11.8. The van der Waals surface area contributed by atoms with Crippen molar-refractivity contribution in [2.24, 2.45) is 0 Å². The Balaban J connectivity index is 1.87. The molecule has 0 aliphatic carbocycles. The maximum absolute atomic E-state index is 9.59. The van der Waals surface area contributed by atoms with Crippen molar-refractivity contribution >= 4 is 23.3 Å². The molecule has 0 aliphatic heterocycles. The van der Waals surface area contributed by atoms with Gasteiger partial charge in [0.25, 0.3) is 0 Å². The van der Waals surface area contributed by atoms with E-state index in [9.17, 15) is 5.26 Å². The summed E-state index contributed by atoms with van der Waals surface area (Å²) in [6, 6.07) is 23.4. The number of hydrogen-bond donors (Lipinski definition) is 0. The van der Waals surface area contributed by atoms with E-state index in [1.807, 2.05) is 55.5 Å². The molecule has 0 spiro atoms. The van der Waals surface area contributed by atoms with E-state index in [0.717, 1.165) is 11.1 Å². The molecule has 3 aromatic carbocycles. The summed E-state index contributed by atoms with van der Waals surface area (Å²) in [5, 5.41) is 10.1. The van der Waals surface area contributed by atoms with Crippen LogP contribution in [0.15, 0.2) is 66.7 Å². The van der Waals surface area contributed by atoms with Gasteiger partial charge in [0.2, 0.25) is 0 Å². The molecule has 3 rings (SSSR count). The fourth-order valence-electron chi connectivity index (χ4n) is 2.98. The number of hydrogen-bond acceptors (Lipinski definition) is 3. The molecule has 0 unspecified atom stereocenters. The average molecular weight is 404 g/mol. The Hall–Kier alpha value is -3.22. The molecule has 0 heterocycles. The first kappa shape index (κ1) is 20.5. The van der Waals surface area contributed by atoms with Gasteiger partial charge in [-0.15, -0.1) is 0 Å². The molecule has 0 saturated heterocycles. The minimum atomic E-state index is 0.458. The number of benzene rings is 3. The quantitative estimate of drug-likeness (QED) is 0.326. The number of ether oxygens (including phenoxy) is 2. The summed E-state index contributed by atoms with van der Waals surface area (Å²) >= 11 is 6.24. The SMILES string of the molecule is CCOc1cc(C=C(C#N)c2ccccc2Cl)ccc1OCc1cccc(C)c1. The van der Waals surface area contributed by atoms with Crippen LogP contribution in [0.5, 0.6) is 11.5 Å². The van der Waals surface area contributed by atoms with Gasteiger partial charge in [0.1, 0.15) is 6.61 Å². The largest absolute Gasteiger partial charge is 0.490 e. The topological polar surface area (TPSA) is 42.2 Å². The van der Waals surface area contributed by atoms with Crippen LogP contribution in [0.25, 0.3) is 11.6 Å². The molecule has 0 N–H and O–H groups in total. The zero-order valence-electron chi connectivity index (χ0n) is 16.5. The number of rotatable bonds is 7. The Labute approximate surface area is 176 Å². The fraction of sp³-hybridized carbons (Fsp3) is 0.160. The van der Waals surface area contributed by atoms with Gasteiger partial charge in [-0.1, -0.05) is 65.7 Å². The lowest BCUT2D eigenvalue weighted by molar-refractivity contribution is 0.269. The molecule has 0 saturated carbocycles. The number of allylic oxidation sites excluding steroid dienone is 1. The van der Waals surface area contributed by atoms with Crippen LogP contribution in [0.3, 0.4) is 0 Å². The van der Waals surface area contributed by atoms with Crippen molar-refractivity contribution in [3.8, 4) is 17.6 Å². The molecule has 3 nitrogen and oxygen atoms in total. The van der Waals surface area contributed by atoms with Crippen LogP contribution in [0.1, 0.15) is 29.2 Å². The highest BCUT2D eigenvalue weighted by Crippen LogP contribution is 2.32. The minimum Gasteiger partial charge on any atom is -0.490 e. The molecule has 0 fully saturated rings. The summed E-state index contributed by atoms with van der Waals surface area (Å²) in [5.74, 6) is 1.31. The van der Waals surface area contributed by atoms with Crippen LogP contribution < -0.4 is 9.47 Å². The molecule has 0 atom stereocenters. The Kier molecular flexibility index (Phi) is 6.94. The van der Waals surface area contributed by atoms with E-state index in [0.29, 0.717) is 40.9 Å². The van der Waals surface area contributed by atoms with E-state index in [1.54, 1.807) is 12.1 Å². The van der Waals surface area contributed by atoms with Gasteiger partial charge in [0, 0.05) is 10.6 Å². The van der Waals surface area contributed by atoms with Crippen LogP contribution in [-0.2, 0) is 6.61 Å². The van der Waals surface area contributed by atoms with E-state index in [1.165, 1.54) is 5.56 Å². The molecule has 0 aromatic heterocycles. The van der Waals surface area contributed by atoms with Crippen molar-refractivity contribution in [2.75, 3.05) is 6.61 Å². The van der Waals surface area contributed by atoms with Gasteiger partial charge in [0.15, 0.2) is 11.5 Å². The van der Waals surface area contributed by atoms with Crippen LogP contribution in [0.2, 0.25) is 5.02 Å². The molecule has 3 aromatic rings. The lowest BCUT2D eigenvalue weighted by Crippen LogP contribution is -2.00. The summed E-state index contributed by atoms with van der Waals surface area (Å²) in [5.41, 5.74) is 4.33. The third-order valence-corrected chi connectivity index (χ3v) is 4.67. The molecular weight excluding hydrogens is 382 g/mol. The fourth-order valence-corrected chi connectivity index (χ4v) is 3.22. The summed E-state index contributed by atoms with van der Waals surface area (Å²) in [4.78, 5) is 0. The van der Waals surface area contributed by atoms with Crippen molar-refractivity contribution in [1.29, 1.82) is 5.26 Å². The third kappa shape index (κ3) is 5.40. The molecule has 0 radical (unpaired) electrons. The van der Waals surface area contributed by atoms with Gasteiger partial charge in [-0.2, -0.15) is 5.26 Å². The van der Waals surface area contributed by atoms with Gasteiger partial charge in [-0.25, -0.2) is 0 Å². The number of halogens is 1. The molecule has 146 valence electrons. The number of aryl methyl sites for hydroxylation is 1. The van der Waals surface area contributed by atoms with Gasteiger partial charge in [0.05, 0.1) is 18.2 Å². The van der Waals surface area contributed by atoms with Crippen LogP contribution >= 0.6 is 11.6 Å². The van der Waals surface area contributed by atoms with Crippen molar-refractivity contribution in [2.45, 2.75) is 20.5 Å².